The van der Waals surface area contributed by atoms with E-state index < -0.39 is 5.41 Å². The minimum Gasteiger partial charge on any atom is -0.381 e. The van der Waals surface area contributed by atoms with E-state index in [9.17, 15) is 4.79 Å². The number of carbonyl (C=O) groups is 1. The smallest absolute Gasteiger partial charge is 0.231 e. The van der Waals surface area contributed by atoms with Crippen LogP contribution in [0.3, 0.4) is 0 Å². The zero-order valence-electron chi connectivity index (χ0n) is 18.5. The molecule has 1 aromatic carbocycles. The number of anilines is 1. The van der Waals surface area contributed by atoms with Gasteiger partial charge in [-0.15, -0.1) is 0 Å². The van der Waals surface area contributed by atoms with Crippen LogP contribution >= 0.6 is 0 Å². The Labute approximate surface area is 179 Å². The lowest BCUT2D eigenvalue weighted by atomic mass is 9.74. The molecule has 30 heavy (non-hydrogen) atoms. The molecule has 1 aromatic heterocycles. The first-order chi connectivity index (χ1) is 14.5. The van der Waals surface area contributed by atoms with Gasteiger partial charge in [-0.3, -0.25) is 9.89 Å². The molecule has 2 fully saturated rings. The predicted octanol–water partition coefficient (Wildman–Crippen LogP) is 3.81. The second kappa shape index (κ2) is 8.90. The number of benzene rings is 1. The van der Waals surface area contributed by atoms with E-state index in [1.807, 2.05) is 13.8 Å². The summed E-state index contributed by atoms with van der Waals surface area (Å²) in [6.45, 7) is 7.42. The fraction of sp³-hybridized carbons (Fsp3) is 0.583. The topological polar surface area (TPSA) is 70.2 Å². The summed E-state index contributed by atoms with van der Waals surface area (Å²) in [5.74, 6) is 0.667. The minimum absolute atomic E-state index is 0.0844. The quantitative estimate of drug-likeness (QED) is 0.786. The summed E-state index contributed by atoms with van der Waals surface area (Å²) >= 11 is 0. The molecule has 0 bridgehead atoms. The van der Waals surface area contributed by atoms with Crippen molar-refractivity contribution < 1.29 is 9.53 Å². The lowest BCUT2D eigenvalue weighted by Gasteiger charge is -2.36. The van der Waals surface area contributed by atoms with Crippen molar-refractivity contribution in [2.45, 2.75) is 51.9 Å². The molecule has 3 heterocycles. The third-order valence-electron chi connectivity index (χ3n) is 6.89. The molecule has 2 N–H and O–H groups in total. The average molecular weight is 411 g/mol. The number of nitrogens with one attached hydrogen (secondary N) is 2. The van der Waals surface area contributed by atoms with Crippen LogP contribution in [0.1, 0.15) is 54.1 Å². The van der Waals surface area contributed by atoms with Crippen molar-refractivity contribution in [3.8, 4) is 0 Å². The molecule has 0 aliphatic carbocycles. The maximum Gasteiger partial charge on any atom is 0.231 e. The Balaban J connectivity index is 1.56. The van der Waals surface area contributed by atoms with E-state index >= 15 is 0 Å². The normalized spacial score (nSPS) is 22.0. The van der Waals surface area contributed by atoms with Gasteiger partial charge in [0.2, 0.25) is 5.91 Å². The summed E-state index contributed by atoms with van der Waals surface area (Å²) in [7, 11) is 2.21. The molecule has 0 spiro atoms. The molecule has 0 saturated carbocycles. The molecule has 2 saturated heterocycles. The monoisotopic (exact) mass is 410 g/mol. The van der Waals surface area contributed by atoms with Crippen LogP contribution in [0.25, 0.3) is 0 Å². The number of carbonyl (C=O) groups excluding carboxylic acids is 1. The van der Waals surface area contributed by atoms with Gasteiger partial charge < -0.3 is 15.0 Å². The van der Waals surface area contributed by atoms with Crippen LogP contribution in [-0.2, 0) is 16.0 Å². The zero-order valence-corrected chi connectivity index (χ0v) is 18.5. The molecule has 2 aliphatic heterocycles. The standard InChI is InChI=1S/C24H34N4O2/c1-17-22(18(2)27-26-17)25-23(29)24(9-12-30-13-10-24)15-19-6-4-7-20(14-19)21-8-5-11-28(3)16-21/h4,6-7,14,21H,5,8-13,15-16H2,1-3H3,(H,25,29)(H,26,27). The first-order valence-corrected chi connectivity index (χ1v) is 11.1. The number of aryl methyl sites for hydroxylation is 2. The van der Waals surface area contributed by atoms with Crippen molar-refractivity contribution in [2.24, 2.45) is 5.41 Å². The fourth-order valence-electron chi connectivity index (χ4n) is 5.01. The number of likely N-dealkylation sites (tertiary alicyclic amines) is 1. The van der Waals surface area contributed by atoms with Crippen molar-refractivity contribution in [3.63, 3.8) is 0 Å². The molecule has 162 valence electrons. The molecule has 2 aromatic rings. The number of amides is 1. The van der Waals surface area contributed by atoms with Crippen LogP contribution in [0.4, 0.5) is 5.69 Å². The van der Waals surface area contributed by atoms with Crippen LogP contribution in [0.5, 0.6) is 0 Å². The SMILES string of the molecule is Cc1n[nH]c(C)c1NC(=O)C1(Cc2cccc(C3CCCN(C)C3)c2)CCOCC1. The number of nitrogens with zero attached hydrogens (tertiary/aromatic N) is 2. The third kappa shape index (κ3) is 4.44. The van der Waals surface area contributed by atoms with E-state index in [2.05, 4.69) is 51.7 Å². The number of aromatic amines is 1. The zero-order chi connectivity index (χ0) is 21.1. The molecule has 1 atom stereocenters. The number of aromatic nitrogens is 2. The molecule has 6 nitrogen and oxygen atoms in total. The lowest BCUT2D eigenvalue weighted by molar-refractivity contribution is -0.131. The van der Waals surface area contributed by atoms with Crippen LogP contribution in [-0.4, -0.2) is 54.4 Å². The Morgan fingerprint density at radius 3 is 2.83 bits per heavy atom. The summed E-state index contributed by atoms with van der Waals surface area (Å²) < 4.78 is 5.62. The highest BCUT2D eigenvalue weighted by Gasteiger charge is 2.40. The number of likely N-dealkylation sites (N-methyl/N-ethyl adjacent to an activating group) is 1. The van der Waals surface area contributed by atoms with Gasteiger partial charge >= 0.3 is 0 Å². The van der Waals surface area contributed by atoms with Crippen molar-refractivity contribution in [1.29, 1.82) is 0 Å². The number of hydrogen-bond donors (Lipinski definition) is 2. The van der Waals surface area contributed by atoms with Gasteiger partial charge in [0.1, 0.15) is 0 Å². The molecular weight excluding hydrogens is 376 g/mol. The molecule has 1 unspecified atom stereocenters. The Bertz CT molecular complexity index is 866. The highest BCUT2D eigenvalue weighted by molar-refractivity contribution is 5.96. The number of piperidine rings is 1. The highest BCUT2D eigenvalue weighted by atomic mass is 16.5. The fourth-order valence-corrected chi connectivity index (χ4v) is 5.01. The lowest BCUT2D eigenvalue weighted by Crippen LogP contribution is -2.43. The van der Waals surface area contributed by atoms with E-state index in [4.69, 9.17) is 4.74 Å². The van der Waals surface area contributed by atoms with E-state index in [0.29, 0.717) is 19.1 Å². The van der Waals surface area contributed by atoms with Crippen molar-refractivity contribution in [2.75, 3.05) is 38.7 Å². The Morgan fingerprint density at radius 2 is 2.13 bits per heavy atom. The van der Waals surface area contributed by atoms with Crippen LogP contribution in [0.2, 0.25) is 0 Å². The summed E-state index contributed by atoms with van der Waals surface area (Å²) in [6.07, 6.45) is 4.72. The summed E-state index contributed by atoms with van der Waals surface area (Å²) in [4.78, 5) is 15.9. The van der Waals surface area contributed by atoms with Crippen LogP contribution in [0, 0.1) is 19.3 Å². The van der Waals surface area contributed by atoms with E-state index in [1.54, 1.807) is 0 Å². The molecule has 2 aliphatic rings. The first-order valence-electron chi connectivity index (χ1n) is 11.1. The molecule has 6 heteroatoms. The second-order valence-electron chi connectivity index (χ2n) is 9.18. The Kier molecular flexibility index (Phi) is 6.25. The molecule has 0 radical (unpaired) electrons. The third-order valence-corrected chi connectivity index (χ3v) is 6.89. The largest absolute Gasteiger partial charge is 0.381 e. The van der Waals surface area contributed by atoms with Gasteiger partial charge in [-0.2, -0.15) is 5.10 Å². The van der Waals surface area contributed by atoms with Gasteiger partial charge in [-0.25, -0.2) is 0 Å². The molecular formula is C24H34N4O2. The minimum atomic E-state index is -0.448. The summed E-state index contributed by atoms with van der Waals surface area (Å²) in [6, 6.07) is 8.92. The average Bonchev–Trinajstić information content (AvgIpc) is 3.06. The van der Waals surface area contributed by atoms with E-state index in [1.165, 1.54) is 30.5 Å². The van der Waals surface area contributed by atoms with Gasteiger partial charge in [-0.1, -0.05) is 24.3 Å². The maximum atomic E-state index is 13.5. The predicted molar refractivity (Wildman–Crippen MR) is 119 cm³/mol. The molecule has 4 rings (SSSR count). The van der Waals surface area contributed by atoms with Crippen molar-refractivity contribution in [3.05, 3.63) is 46.8 Å². The number of hydrogen-bond acceptors (Lipinski definition) is 4. The highest BCUT2D eigenvalue weighted by Crippen LogP contribution is 2.37. The van der Waals surface area contributed by atoms with Gasteiger partial charge in [0.25, 0.3) is 0 Å². The Hall–Kier alpha value is -2.18. The van der Waals surface area contributed by atoms with E-state index in [0.717, 1.165) is 42.9 Å². The number of rotatable bonds is 5. The number of ether oxygens (including phenoxy) is 1. The van der Waals surface area contributed by atoms with Gasteiger partial charge in [0, 0.05) is 19.8 Å². The second-order valence-corrected chi connectivity index (χ2v) is 9.18. The number of H-pyrrole nitrogens is 1. The summed E-state index contributed by atoms with van der Waals surface area (Å²) in [5, 5.41) is 10.4. The van der Waals surface area contributed by atoms with Gasteiger partial charge in [0.15, 0.2) is 0 Å². The van der Waals surface area contributed by atoms with Crippen molar-refractivity contribution >= 4 is 11.6 Å². The summed E-state index contributed by atoms with van der Waals surface area (Å²) in [5.41, 5.74) is 4.74. The van der Waals surface area contributed by atoms with Gasteiger partial charge in [-0.05, 0) is 76.6 Å². The van der Waals surface area contributed by atoms with Crippen LogP contribution < -0.4 is 5.32 Å². The van der Waals surface area contributed by atoms with Crippen LogP contribution in [0.15, 0.2) is 24.3 Å². The van der Waals surface area contributed by atoms with Crippen molar-refractivity contribution in [1.82, 2.24) is 15.1 Å². The maximum absolute atomic E-state index is 13.5. The van der Waals surface area contributed by atoms with Gasteiger partial charge in [0.05, 0.1) is 22.5 Å². The first kappa shape index (κ1) is 21.1. The Morgan fingerprint density at radius 1 is 1.33 bits per heavy atom. The molecule has 1 amide bonds. The van der Waals surface area contributed by atoms with E-state index in [-0.39, 0.29) is 5.91 Å².